The highest BCUT2D eigenvalue weighted by Crippen LogP contribution is 2.38. The van der Waals surface area contributed by atoms with E-state index in [0.29, 0.717) is 17.7 Å². The number of nitrogens with zero attached hydrogens (tertiary/aromatic N) is 2. The number of hydrogen-bond donors (Lipinski definition) is 3. The van der Waals surface area contributed by atoms with E-state index in [0.717, 1.165) is 48.0 Å². The monoisotopic (exact) mass is 419 g/mol. The van der Waals surface area contributed by atoms with E-state index in [2.05, 4.69) is 44.2 Å². The summed E-state index contributed by atoms with van der Waals surface area (Å²) in [6.07, 6.45) is -0.389. The number of aromatic amines is 1. The van der Waals surface area contributed by atoms with Crippen LogP contribution in [0.4, 0.5) is 24.9 Å². The van der Waals surface area contributed by atoms with Gasteiger partial charge < -0.3 is 20.4 Å². The van der Waals surface area contributed by atoms with Crippen molar-refractivity contribution >= 4 is 22.7 Å². The Labute approximate surface area is 172 Å². The van der Waals surface area contributed by atoms with Gasteiger partial charge in [0.15, 0.2) is 0 Å². The number of aromatic nitrogens is 3. The maximum absolute atomic E-state index is 12.6. The maximum Gasteiger partial charge on any atom is 0.573 e. The fraction of sp³-hybridized carbons (Fsp3) is 0.429. The molecule has 0 saturated heterocycles. The molecule has 1 aliphatic carbocycles. The van der Waals surface area contributed by atoms with Crippen LogP contribution in [0.2, 0.25) is 0 Å². The summed E-state index contributed by atoms with van der Waals surface area (Å²) >= 11 is 0. The smallest absolute Gasteiger partial charge is 0.406 e. The summed E-state index contributed by atoms with van der Waals surface area (Å²) in [5.74, 6) is 1.54. The molecule has 160 valence electrons. The molecular formula is C21H24F3N5O. The van der Waals surface area contributed by atoms with Gasteiger partial charge in [-0.3, -0.25) is 0 Å². The van der Waals surface area contributed by atoms with E-state index in [9.17, 15) is 13.2 Å². The number of H-pyrrole nitrogens is 1. The highest BCUT2D eigenvalue weighted by molar-refractivity contribution is 5.86. The predicted molar refractivity (Wildman–Crippen MR) is 110 cm³/mol. The number of fused-ring (bicyclic) bond motifs is 3. The Morgan fingerprint density at radius 3 is 2.87 bits per heavy atom. The van der Waals surface area contributed by atoms with Crippen molar-refractivity contribution in [2.45, 2.75) is 45.5 Å². The van der Waals surface area contributed by atoms with Crippen LogP contribution in [0, 0.1) is 5.92 Å². The lowest BCUT2D eigenvalue weighted by molar-refractivity contribution is -0.274. The standard InChI is InChI=1S/C21H24F3N5O/c1-12(2)11-26-20-25-9-8-18(29-20)27-17-5-3-4-14-15-10-13(30-21(22,23)24)6-7-16(15)28-19(14)17/h6-10,12,17,28H,3-5,11H2,1-2H3,(H2,25,26,27,29). The number of nitrogens with one attached hydrogen (secondary N) is 3. The Bertz CT molecular complexity index is 1030. The molecule has 1 atom stereocenters. The molecule has 6 nitrogen and oxygen atoms in total. The topological polar surface area (TPSA) is 74.9 Å². The lowest BCUT2D eigenvalue weighted by atomic mass is 9.91. The second-order valence-corrected chi connectivity index (χ2v) is 7.90. The molecule has 2 aromatic heterocycles. The van der Waals surface area contributed by atoms with Crippen LogP contribution in [0.3, 0.4) is 0 Å². The Morgan fingerprint density at radius 1 is 1.27 bits per heavy atom. The molecule has 2 heterocycles. The third-order valence-corrected chi connectivity index (χ3v) is 5.06. The molecule has 30 heavy (non-hydrogen) atoms. The number of rotatable bonds is 6. The Hall–Kier alpha value is -2.97. The number of anilines is 2. The van der Waals surface area contributed by atoms with Gasteiger partial charge in [-0.2, -0.15) is 4.98 Å². The molecule has 3 aromatic rings. The zero-order valence-corrected chi connectivity index (χ0v) is 16.8. The van der Waals surface area contributed by atoms with Crippen molar-refractivity contribution < 1.29 is 17.9 Å². The number of aryl methyl sites for hydroxylation is 1. The summed E-state index contributed by atoms with van der Waals surface area (Å²) in [7, 11) is 0. The van der Waals surface area contributed by atoms with Crippen LogP contribution < -0.4 is 15.4 Å². The van der Waals surface area contributed by atoms with E-state index < -0.39 is 6.36 Å². The molecule has 0 bridgehead atoms. The molecule has 0 radical (unpaired) electrons. The van der Waals surface area contributed by atoms with E-state index in [4.69, 9.17) is 0 Å². The van der Waals surface area contributed by atoms with Gasteiger partial charge >= 0.3 is 6.36 Å². The molecule has 0 amide bonds. The van der Waals surface area contributed by atoms with Gasteiger partial charge in [0.1, 0.15) is 11.6 Å². The molecule has 0 fully saturated rings. The summed E-state index contributed by atoms with van der Waals surface area (Å²) < 4.78 is 41.8. The predicted octanol–water partition coefficient (Wildman–Crippen LogP) is 5.41. The first-order chi connectivity index (χ1) is 14.3. The molecule has 1 aromatic carbocycles. The minimum Gasteiger partial charge on any atom is -0.406 e. The number of hydrogen-bond acceptors (Lipinski definition) is 5. The molecule has 9 heteroatoms. The molecule has 1 unspecified atom stereocenters. The quantitative estimate of drug-likeness (QED) is 0.498. The third kappa shape index (κ3) is 4.60. The fourth-order valence-electron chi connectivity index (χ4n) is 3.78. The van der Waals surface area contributed by atoms with Gasteiger partial charge in [0, 0.05) is 29.3 Å². The second kappa shape index (κ2) is 8.04. The minimum atomic E-state index is -4.71. The molecular weight excluding hydrogens is 395 g/mol. The van der Waals surface area contributed by atoms with Crippen LogP contribution in [0.15, 0.2) is 30.5 Å². The molecule has 0 saturated carbocycles. The van der Waals surface area contributed by atoms with Crippen molar-refractivity contribution in [3.8, 4) is 5.75 Å². The van der Waals surface area contributed by atoms with Crippen molar-refractivity contribution in [2.24, 2.45) is 5.92 Å². The average Bonchev–Trinajstić information content (AvgIpc) is 3.05. The summed E-state index contributed by atoms with van der Waals surface area (Å²) in [6.45, 7) is 5.00. The Morgan fingerprint density at radius 2 is 2.10 bits per heavy atom. The summed E-state index contributed by atoms with van der Waals surface area (Å²) in [6, 6.07) is 6.22. The molecule has 3 N–H and O–H groups in total. The van der Waals surface area contributed by atoms with Gasteiger partial charge in [-0.05, 0) is 55.0 Å². The van der Waals surface area contributed by atoms with Crippen LogP contribution in [0.5, 0.6) is 5.75 Å². The second-order valence-electron chi connectivity index (χ2n) is 7.90. The first kappa shape index (κ1) is 20.3. The van der Waals surface area contributed by atoms with E-state index >= 15 is 0 Å². The van der Waals surface area contributed by atoms with Crippen LogP contribution >= 0.6 is 0 Å². The van der Waals surface area contributed by atoms with Crippen molar-refractivity contribution in [3.63, 3.8) is 0 Å². The SMILES string of the molecule is CC(C)CNc1nccc(NC2CCCc3c2[nH]c2ccc(OC(F)(F)F)cc32)n1. The van der Waals surface area contributed by atoms with E-state index in [1.807, 2.05) is 6.07 Å². The van der Waals surface area contributed by atoms with Crippen molar-refractivity contribution in [1.82, 2.24) is 15.0 Å². The van der Waals surface area contributed by atoms with Crippen LogP contribution in [-0.4, -0.2) is 27.9 Å². The number of halogens is 3. The molecule has 0 aliphatic heterocycles. The number of benzene rings is 1. The van der Waals surface area contributed by atoms with Crippen LogP contribution in [0.25, 0.3) is 10.9 Å². The van der Waals surface area contributed by atoms with Gasteiger partial charge in [0.2, 0.25) is 5.95 Å². The Kier molecular flexibility index (Phi) is 5.44. The first-order valence-corrected chi connectivity index (χ1v) is 10.0. The van der Waals surface area contributed by atoms with Gasteiger partial charge in [-0.25, -0.2) is 4.98 Å². The highest BCUT2D eigenvalue weighted by atomic mass is 19.4. The van der Waals surface area contributed by atoms with Gasteiger partial charge in [0.25, 0.3) is 0 Å². The summed E-state index contributed by atoms with van der Waals surface area (Å²) in [4.78, 5) is 12.1. The normalized spacial score (nSPS) is 16.5. The Balaban J connectivity index is 1.58. The van der Waals surface area contributed by atoms with Crippen molar-refractivity contribution in [3.05, 3.63) is 41.7 Å². The lowest BCUT2D eigenvalue weighted by Gasteiger charge is -2.24. The summed E-state index contributed by atoms with van der Waals surface area (Å²) in [5, 5.41) is 7.42. The molecule has 0 spiro atoms. The molecule has 4 rings (SSSR count). The van der Waals surface area contributed by atoms with Crippen LogP contribution in [0.1, 0.15) is 44.0 Å². The van der Waals surface area contributed by atoms with Crippen molar-refractivity contribution in [1.29, 1.82) is 0 Å². The third-order valence-electron chi connectivity index (χ3n) is 5.06. The summed E-state index contributed by atoms with van der Waals surface area (Å²) in [5.41, 5.74) is 2.80. The zero-order valence-electron chi connectivity index (χ0n) is 16.8. The van der Waals surface area contributed by atoms with E-state index in [-0.39, 0.29) is 11.8 Å². The number of alkyl halides is 3. The average molecular weight is 419 g/mol. The van der Waals surface area contributed by atoms with Gasteiger partial charge in [-0.1, -0.05) is 13.8 Å². The van der Waals surface area contributed by atoms with Crippen LogP contribution in [-0.2, 0) is 6.42 Å². The van der Waals surface area contributed by atoms with E-state index in [1.54, 1.807) is 12.3 Å². The van der Waals surface area contributed by atoms with E-state index in [1.165, 1.54) is 12.1 Å². The van der Waals surface area contributed by atoms with Gasteiger partial charge in [-0.15, -0.1) is 13.2 Å². The zero-order chi connectivity index (χ0) is 21.3. The minimum absolute atomic E-state index is 0.0130. The van der Waals surface area contributed by atoms with Crippen molar-refractivity contribution in [2.75, 3.05) is 17.2 Å². The highest BCUT2D eigenvalue weighted by Gasteiger charge is 2.32. The lowest BCUT2D eigenvalue weighted by Crippen LogP contribution is -2.18. The first-order valence-electron chi connectivity index (χ1n) is 10.0. The maximum atomic E-state index is 12.6. The van der Waals surface area contributed by atoms with Gasteiger partial charge in [0.05, 0.1) is 6.04 Å². The molecule has 1 aliphatic rings. The fourth-order valence-corrected chi connectivity index (χ4v) is 3.78. The largest absolute Gasteiger partial charge is 0.573 e. The number of ether oxygens (including phenoxy) is 1.